The Morgan fingerprint density at radius 3 is 2.20 bits per heavy atom. The van der Waals surface area contributed by atoms with E-state index in [1.807, 2.05) is 13.8 Å². The van der Waals surface area contributed by atoms with Crippen LogP contribution in [-0.2, 0) is 4.79 Å². The second-order valence-electron chi connectivity index (χ2n) is 2.69. The summed E-state index contributed by atoms with van der Waals surface area (Å²) in [5.41, 5.74) is -0.555. The summed E-state index contributed by atoms with van der Waals surface area (Å²) in [4.78, 5) is 10.7. The van der Waals surface area contributed by atoms with E-state index < -0.39 is 11.4 Å². The van der Waals surface area contributed by atoms with Crippen molar-refractivity contribution in [2.45, 2.75) is 31.1 Å². The third-order valence-corrected chi connectivity index (χ3v) is 3.48. The van der Waals surface area contributed by atoms with Gasteiger partial charge in [-0.3, -0.25) is 4.79 Å². The van der Waals surface area contributed by atoms with Crippen molar-refractivity contribution in [1.29, 1.82) is 0 Å². The Bertz CT molecular complexity index is 134. The molecule has 0 saturated carbocycles. The van der Waals surface area contributed by atoms with Gasteiger partial charge in [-0.15, -0.1) is 0 Å². The Kier molecular flexibility index (Phi) is 3.62. The molecule has 0 aromatic heterocycles. The second kappa shape index (κ2) is 3.55. The smallest absolute Gasteiger partial charge is 0.310 e. The molecule has 0 saturated heterocycles. The highest BCUT2D eigenvalue weighted by atomic mass is 127. The van der Waals surface area contributed by atoms with E-state index in [1.54, 1.807) is 6.92 Å². The highest BCUT2D eigenvalue weighted by Crippen LogP contribution is 2.31. The monoisotopic (exact) mass is 256 g/mol. The Morgan fingerprint density at radius 2 is 2.20 bits per heavy atom. The molecule has 2 unspecified atom stereocenters. The standard InChI is InChI=1S/C7H13IO2/c1-4-7(3,5(2)8)6(9)10/h5H,4H2,1-3H3,(H,9,10). The zero-order valence-electron chi connectivity index (χ0n) is 6.52. The highest BCUT2D eigenvalue weighted by molar-refractivity contribution is 14.1. The molecule has 0 aliphatic heterocycles. The molecule has 0 spiro atoms. The molecule has 0 bridgehead atoms. The molecule has 0 rings (SSSR count). The maximum Gasteiger partial charge on any atom is 0.310 e. The molecule has 0 aliphatic rings. The van der Waals surface area contributed by atoms with Crippen LogP contribution in [0.15, 0.2) is 0 Å². The summed E-state index contributed by atoms with van der Waals surface area (Å²) in [6.07, 6.45) is 0.687. The van der Waals surface area contributed by atoms with Gasteiger partial charge in [0.05, 0.1) is 5.41 Å². The van der Waals surface area contributed by atoms with E-state index in [2.05, 4.69) is 22.6 Å². The summed E-state index contributed by atoms with van der Waals surface area (Å²) >= 11 is 2.16. The van der Waals surface area contributed by atoms with E-state index in [0.29, 0.717) is 6.42 Å². The molecule has 0 heterocycles. The lowest BCUT2D eigenvalue weighted by atomic mass is 9.85. The average Bonchev–Trinajstić information content (AvgIpc) is 1.85. The molecular formula is C7H13IO2. The fourth-order valence-corrected chi connectivity index (χ4v) is 1.31. The van der Waals surface area contributed by atoms with E-state index in [-0.39, 0.29) is 3.92 Å². The number of carboxylic acid groups (broad SMARTS) is 1. The van der Waals surface area contributed by atoms with Gasteiger partial charge in [-0.1, -0.05) is 36.4 Å². The normalized spacial score (nSPS) is 19.6. The first-order valence-electron chi connectivity index (χ1n) is 3.32. The average molecular weight is 256 g/mol. The molecule has 60 valence electrons. The van der Waals surface area contributed by atoms with Gasteiger partial charge in [-0.05, 0) is 13.3 Å². The molecule has 2 nitrogen and oxygen atoms in total. The quantitative estimate of drug-likeness (QED) is 0.621. The maximum atomic E-state index is 10.7. The minimum Gasteiger partial charge on any atom is -0.481 e. The lowest BCUT2D eigenvalue weighted by Gasteiger charge is -2.25. The molecule has 1 N–H and O–H groups in total. The van der Waals surface area contributed by atoms with Crippen molar-refractivity contribution in [2.24, 2.45) is 5.41 Å². The number of hydrogen-bond donors (Lipinski definition) is 1. The van der Waals surface area contributed by atoms with Crippen LogP contribution >= 0.6 is 22.6 Å². The molecule has 3 heteroatoms. The molecule has 2 atom stereocenters. The number of carbonyl (C=O) groups is 1. The van der Waals surface area contributed by atoms with Crippen LogP contribution < -0.4 is 0 Å². The highest BCUT2D eigenvalue weighted by Gasteiger charge is 2.35. The summed E-state index contributed by atoms with van der Waals surface area (Å²) in [5.74, 6) is -0.697. The Labute approximate surface area is 75.1 Å². The molecule has 0 fully saturated rings. The van der Waals surface area contributed by atoms with Crippen molar-refractivity contribution in [3.8, 4) is 0 Å². The summed E-state index contributed by atoms with van der Waals surface area (Å²) in [6.45, 7) is 5.62. The molecule has 0 aliphatic carbocycles. The molecule has 0 aromatic rings. The van der Waals surface area contributed by atoms with Gasteiger partial charge in [0.25, 0.3) is 0 Å². The van der Waals surface area contributed by atoms with Crippen LogP contribution in [0.2, 0.25) is 0 Å². The lowest BCUT2D eigenvalue weighted by molar-refractivity contribution is -0.147. The topological polar surface area (TPSA) is 37.3 Å². The van der Waals surface area contributed by atoms with Gasteiger partial charge in [0.2, 0.25) is 0 Å². The van der Waals surface area contributed by atoms with Gasteiger partial charge in [0.15, 0.2) is 0 Å². The first kappa shape index (κ1) is 10.2. The third kappa shape index (κ3) is 1.84. The fraction of sp³-hybridized carbons (Fsp3) is 0.857. The van der Waals surface area contributed by atoms with E-state index in [4.69, 9.17) is 5.11 Å². The van der Waals surface area contributed by atoms with Crippen molar-refractivity contribution in [3.63, 3.8) is 0 Å². The number of rotatable bonds is 3. The van der Waals surface area contributed by atoms with Crippen molar-refractivity contribution >= 4 is 28.6 Å². The number of hydrogen-bond acceptors (Lipinski definition) is 1. The van der Waals surface area contributed by atoms with E-state index >= 15 is 0 Å². The molecular weight excluding hydrogens is 243 g/mol. The minimum atomic E-state index is -0.697. The van der Waals surface area contributed by atoms with E-state index in [0.717, 1.165) is 0 Å². The van der Waals surface area contributed by atoms with Crippen LogP contribution in [0.3, 0.4) is 0 Å². The van der Waals surface area contributed by atoms with Gasteiger partial charge in [0.1, 0.15) is 0 Å². The molecule has 0 aromatic carbocycles. The Balaban J connectivity index is 4.38. The first-order chi connectivity index (χ1) is 4.45. The summed E-state index contributed by atoms with van der Waals surface area (Å²) in [6, 6.07) is 0. The number of halogens is 1. The van der Waals surface area contributed by atoms with E-state index in [9.17, 15) is 4.79 Å². The van der Waals surface area contributed by atoms with Crippen LogP contribution in [0.4, 0.5) is 0 Å². The Hall–Kier alpha value is 0.200. The third-order valence-electron chi connectivity index (χ3n) is 2.10. The van der Waals surface area contributed by atoms with E-state index in [1.165, 1.54) is 0 Å². The van der Waals surface area contributed by atoms with Gasteiger partial charge in [-0.25, -0.2) is 0 Å². The zero-order valence-corrected chi connectivity index (χ0v) is 8.68. The minimum absolute atomic E-state index is 0.174. The first-order valence-corrected chi connectivity index (χ1v) is 4.57. The number of alkyl halides is 1. The SMILES string of the molecule is CCC(C)(C(=O)O)C(C)I. The summed E-state index contributed by atoms with van der Waals surface area (Å²) in [5, 5.41) is 8.80. The second-order valence-corrected chi connectivity index (χ2v) is 4.56. The van der Waals surface area contributed by atoms with Gasteiger partial charge in [-0.2, -0.15) is 0 Å². The van der Waals surface area contributed by atoms with Crippen LogP contribution in [0.5, 0.6) is 0 Å². The molecule has 10 heavy (non-hydrogen) atoms. The summed E-state index contributed by atoms with van der Waals surface area (Å²) in [7, 11) is 0. The van der Waals surface area contributed by atoms with Gasteiger partial charge >= 0.3 is 5.97 Å². The predicted octanol–water partition coefficient (Wildman–Crippen LogP) is 2.31. The summed E-state index contributed by atoms with van der Waals surface area (Å²) < 4.78 is 0.174. The molecule has 0 amide bonds. The van der Waals surface area contributed by atoms with Crippen molar-refractivity contribution in [1.82, 2.24) is 0 Å². The predicted molar refractivity (Wildman–Crippen MR) is 49.5 cm³/mol. The van der Waals surface area contributed by atoms with Crippen molar-refractivity contribution in [3.05, 3.63) is 0 Å². The Morgan fingerprint density at radius 1 is 1.80 bits per heavy atom. The maximum absolute atomic E-state index is 10.7. The van der Waals surface area contributed by atoms with Crippen LogP contribution in [0.25, 0.3) is 0 Å². The zero-order chi connectivity index (χ0) is 8.36. The lowest BCUT2D eigenvalue weighted by Crippen LogP contribution is -2.33. The van der Waals surface area contributed by atoms with Crippen LogP contribution in [-0.4, -0.2) is 15.0 Å². The van der Waals surface area contributed by atoms with Gasteiger partial charge in [0, 0.05) is 3.92 Å². The van der Waals surface area contributed by atoms with Gasteiger partial charge < -0.3 is 5.11 Å². The van der Waals surface area contributed by atoms with Crippen molar-refractivity contribution < 1.29 is 9.90 Å². The van der Waals surface area contributed by atoms with Crippen LogP contribution in [0.1, 0.15) is 27.2 Å². The largest absolute Gasteiger partial charge is 0.481 e. The fourth-order valence-electron chi connectivity index (χ4n) is 0.603. The number of aliphatic carboxylic acids is 1. The number of carboxylic acids is 1. The van der Waals surface area contributed by atoms with Crippen LogP contribution in [0, 0.1) is 5.41 Å². The van der Waals surface area contributed by atoms with Crippen molar-refractivity contribution in [2.75, 3.05) is 0 Å². The molecule has 0 radical (unpaired) electrons.